The molecule has 3 aromatic rings. The molecule has 4 rings (SSSR count). The van der Waals surface area contributed by atoms with Gasteiger partial charge in [-0.05, 0) is 67.6 Å². The van der Waals surface area contributed by atoms with E-state index in [2.05, 4.69) is 38.1 Å². The van der Waals surface area contributed by atoms with Crippen molar-refractivity contribution in [2.75, 3.05) is 11.4 Å². The van der Waals surface area contributed by atoms with Gasteiger partial charge in [-0.15, -0.1) is 0 Å². The smallest absolute Gasteiger partial charge is 0.259 e. The van der Waals surface area contributed by atoms with Crippen molar-refractivity contribution in [3.8, 4) is 0 Å². The van der Waals surface area contributed by atoms with Crippen LogP contribution in [0, 0.1) is 20.8 Å². The first kappa shape index (κ1) is 14.9. The van der Waals surface area contributed by atoms with E-state index in [0.29, 0.717) is 6.54 Å². The van der Waals surface area contributed by atoms with E-state index in [1.807, 2.05) is 30.0 Å². The Morgan fingerprint density at radius 2 is 1.83 bits per heavy atom. The summed E-state index contributed by atoms with van der Waals surface area (Å²) in [6.45, 7) is 6.86. The topological polar surface area (TPSA) is 33.2 Å². The molecule has 1 aliphatic heterocycles. The van der Waals surface area contributed by atoms with E-state index in [1.54, 1.807) is 0 Å². The molecule has 120 valence electrons. The Balaban J connectivity index is 1.79. The van der Waals surface area contributed by atoms with Crippen LogP contribution in [0.3, 0.4) is 0 Å². The number of anilines is 1. The molecule has 1 amide bonds. The van der Waals surface area contributed by atoms with Crippen LogP contribution in [-0.2, 0) is 6.42 Å². The molecule has 0 aliphatic carbocycles. The van der Waals surface area contributed by atoms with Crippen LogP contribution < -0.4 is 4.90 Å². The zero-order chi connectivity index (χ0) is 16.8. The molecule has 2 aromatic carbocycles. The van der Waals surface area contributed by atoms with Gasteiger partial charge in [-0.25, -0.2) is 4.98 Å². The summed E-state index contributed by atoms with van der Waals surface area (Å²) in [4.78, 5) is 19.6. The third kappa shape index (κ3) is 2.28. The van der Waals surface area contributed by atoms with Gasteiger partial charge < -0.3 is 0 Å². The van der Waals surface area contributed by atoms with Gasteiger partial charge >= 0.3 is 0 Å². The number of hydrogen-bond donors (Lipinski definition) is 0. The van der Waals surface area contributed by atoms with Crippen LogP contribution >= 0.6 is 0 Å². The summed E-state index contributed by atoms with van der Waals surface area (Å²) in [5.41, 5.74) is 6.36. The summed E-state index contributed by atoms with van der Waals surface area (Å²) >= 11 is 0. The zero-order valence-electron chi connectivity index (χ0n) is 14.3. The maximum Gasteiger partial charge on any atom is 0.259 e. The van der Waals surface area contributed by atoms with E-state index in [9.17, 15) is 4.79 Å². The Bertz CT molecular complexity index is 975. The fourth-order valence-corrected chi connectivity index (χ4v) is 3.36. The highest BCUT2D eigenvalue weighted by atomic mass is 16.2. The third-order valence-corrected chi connectivity index (χ3v) is 4.96. The standard InChI is InChI=1S/C21H20N2O/c1-13-7-8-18(11-15(13)3)21(24)23-10-9-17-12-16-6-4-5-14(2)19(16)22-20(17)23/h4-8,11-12H,9-10H2,1-3H3. The molecule has 0 saturated carbocycles. The Morgan fingerprint density at radius 1 is 1.00 bits per heavy atom. The number of para-hydroxylation sites is 1. The second-order valence-corrected chi connectivity index (χ2v) is 6.62. The largest absolute Gasteiger partial charge is 0.292 e. The molecule has 0 spiro atoms. The molecule has 3 heteroatoms. The molecule has 0 N–H and O–H groups in total. The normalized spacial score (nSPS) is 13.4. The fourth-order valence-electron chi connectivity index (χ4n) is 3.36. The lowest BCUT2D eigenvalue weighted by Gasteiger charge is -2.17. The monoisotopic (exact) mass is 316 g/mol. The summed E-state index contributed by atoms with van der Waals surface area (Å²) in [5, 5.41) is 1.15. The summed E-state index contributed by atoms with van der Waals surface area (Å²) < 4.78 is 0. The molecule has 0 bridgehead atoms. The summed E-state index contributed by atoms with van der Waals surface area (Å²) in [7, 11) is 0. The number of aromatic nitrogens is 1. The minimum atomic E-state index is 0.0392. The lowest BCUT2D eigenvalue weighted by molar-refractivity contribution is 0.0988. The van der Waals surface area contributed by atoms with E-state index in [1.165, 1.54) is 5.56 Å². The molecular formula is C21H20N2O. The maximum atomic E-state index is 13.0. The molecule has 0 unspecified atom stereocenters. The lowest BCUT2D eigenvalue weighted by Crippen LogP contribution is -2.29. The van der Waals surface area contributed by atoms with Crippen molar-refractivity contribution in [2.24, 2.45) is 0 Å². The molecule has 0 radical (unpaired) electrons. The van der Waals surface area contributed by atoms with Crippen LogP contribution in [0.4, 0.5) is 5.82 Å². The minimum Gasteiger partial charge on any atom is -0.292 e. The number of rotatable bonds is 1. The molecule has 0 saturated heterocycles. The molecule has 2 heterocycles. The van der Waals surface area contributed by atoms with E-state index in [4.69, 9.17) is 4.98 Å². The van der Waals surface area contributed by atoms with Crippen molar-refractivity contribution in [2.45, 2.75) is 27.2 Å². The van der Waals surface area contributed by atoms with Crippen molar-refractivity contribution in [3.05, 3.63) is 70.3 Å². The average molecular weight is 316 g/mol. The van der Waals surface area contributed by atoms with Gasteiger partial charge in [0.25, 0.3) is 5.91 Å². The number of carbonyl (C=O) groups excluding carboxylic acids is 1. The number of nitrogens with zero attached hydrogens (tertiary/aromatic N) is 2. The summed E-state index contributed by atoms with van der Waals surface area (Å²) in [6.07, 6.45) is 0.864. The average Bonchev–Trinajstić information content (AvgIpc) is 2.98. The predicted octanol–water partition coefficient (Wildman–Crippen LogP) is 4.36. The highest BCUT2D eigenvalue weighted by Crippen LogP contribution is 2.31. The number of carbonyl (C=O) groups is 1. The van der Waals surface area contributed by atoms with Crippen molar-refractivity contribution in [3.63, 3.8) is 0 Å². The van der Waals surface area contributed by atoms with Crippen molar-refractivity contribution >= 4 is 22.6 Å². The van der Waals surface area contributed by atoms with E-state index in [-0.39, 0.29) is 5.91 Å². The van der Waals surface area contributed by atoms with Gasteiger partial charge in [0, 0.05) is 17.5 Å². The highest BCUT2D eigenvalue weighted by molar-refractivity contribution is 6.07. The molecule has 0 fully saturated rings. The molecular weight excluding hydrogens is 296 g/mol. The Kier molecular flexibility index (Phi) is 3.38. The highest BCUT2D eigenvalue weighted by Gasteiger charge is 2.27. The van der Waals surface area contributed by atoms with Gasteiger partial charge in [-0.2, -0.15) is 0 Å². The maximum absolute atomic E-state index is 13.0. The Morgan fingerprint density at radius 3 is 2.62 bits per heavy atom. The van der Waals surface area contributed by atoms with Crippen molar-refractivity contribution in [1.29, 1.82) is 0 Å². The van der Waals surface area contributed by atoms with Gasteiger partial charge in [0.05, 0.1) is 5.52 Å². The lowest BCUT2D eigenvalue weighted by atomic mass is 10.1. The van der Waals surface area contributed by atoms with Gasteiger partial charge in [0.2, 0.25) is 0 Å². The van der Waals surface area contributed by atoms with Crippen LogP contribution in [0.25, 0.3) is 10.9 Å². The van der Waals surface area contributed by atoms with Gasteiger partial charge in [0.1, 0.15) is 5.82 Å². The molecule has 0 atom stereocenters. The quantitative estimate of drug-likeness (QED) is 0.668. The summed E-state index contributed by atoms with van der Waals surface area (Å²) in [5.74, 6) is 0.859. The van der Waals surface area contributed by atoms with Gasteiger partial charge in [-0.3, -0.25) is 9.69 Å². The molecule has 1 aliphatic rings. The first-order valence-corrected chi connectivity index (χ1v) is 8.33. The second kappa shape index (κ2) is 5.45. The predicted molar refractivity (Wildman–Crippen MR) is 97.8 cm³/mol. The molecule has 1 aromatic heterocycles. The first-order valence-electron chi connectivity index (χ1n) is 8.33. The van der Waals surface area contributed by atoms with Crippen molar-refractivity contribution < 1.29 is 4.79 Å². The SMILES string of the molecule is Cc1ccc(C(=O)N2CCc3cc4cccc(C)c4nc32)cc1C. The Labute approximate surface area is 141 Å². The molecule has 24 heavy (non-hydrogen) atoms. The van der Waals surface area contributed by atoms with Crippen molar-refractivity contribution in [1.82, 2.24) is 4.98 Å². The number of fused-ring (bicyclic) bond motifs is 2. The minimum absolute atomic E-state index is 0.0392. The fraction of sp³-hybridized carbons (Fsp3) is 0.238. The second-order valence-electron chi connectivity index (χ2n) is 6.62. The number of amides is 1. The van der Waals surface area contributed by atoms with E-state index < -0.39 is 0 Å². The summed E-state index contributed by atoms with van der Waals surface area (Å²) in [6, 6.07) is 14.3. The third-order valence-electron chi connectivity index (χ3n) is 4.96. The van der Waals surface area contributed by atoms with Crippen LogP contribution in [-0.4, -0.2) is 17.4 Å². The van der Waals surface area contributed by atoms with Crippen LogP contribution in [0.15, 0.2) is 42.5 Å². The molecule has 3 nitrogen and oxygen atoms in total. The zero-order valence-corrected chi connectivity index (χ0v) is 14.3. The van der Waals surface area contributed by atoms with Crippen LogP contribution in [0.2, 0.25) is 0 Å². The Hall–Kier alpha value is -2.68. The number of aryl methyl sites for hydroxylation is 3. The van der Waals surface area contributed by atoms with E-state index >= 15 is 0 Å². The number of pyridine rings is 1. The van der Waals surface area contributed by atoms with Gasteiger partial charge in [-0.1, -0.05) is 24.3 Å². The van der Waals surface area contributed by atoms with Crippen LogP contribution in [0.1, 0.15) is 32.6 Å². The van der Waals surface area contributed by atoms with E-state index in [0.717, 1.165) is 45.4 Å². The van der Waals surface area contributed by atoms with Crippen LogP contribution in [0.5, 0.6) is 0 Å². The number of hydrogen-bond acceptors (Lipinski definition) is 2. The van der Waals surface area contributed by atoms with Gasteiger partial charge in [0.15, 0.2) is 0 Å². The number of benzene rings is 2. The first-order chi connectivity index (χ1) is 11.5.